The maximum atomic E-state index is 10.3. The van der Waals surface area contributed by atoms with Gasteiger partial charge in [-0.05, 0) is 6.92 Å². The van der Waals surface area contributed by atoms with Crippen LogP contribution in [0.2, 0.25) is 0 Å². The van der Waals surface area contributed by atoms with Crippen LogP contribution >= 0.6 is 0 Å². The number of aliphatic carboxylic acids is 5. The van der Waals surface area contributed by atoms with Crippen LogP contribution in [-0.2, 0) is 33.4 Å². The van der Waals surface area contributed by atoms with Crippen molar-refractivity contribution >= 4 is 29.8 Å². The van der Waals surface area contributed by atoms with Crippen LogP contribution in [0.15, 0.2) is 62.8 Å². The van der Waals surface area contributed by atoms with E-state index >= 15 is 0 Å². The van der Waals surface area contributed by atoms with Gasteiger partial charge in [-0.25, -0.2) is 24.0 Å². The molecule has 0 saturated carbocycles. The van der Waals surface area contributed by atoms with Crippen molar-refractivity contribution in [2.45, 2.75) is 13.3 Å². The molecule has 0 radical (unpaired) electrons. The second kappa shape index (κ2) is 39.0. The lowest BCUT2D eigenvalue weighted by Gasteiger charge is -2.23. The molecule has 0 spiro atoms. The molecule has 16 heteroatoms. The van der Waals surface area contributed by atoms with E-state index in [1.165, 1.54) is 0 Å². The molecule has 0 aliphatic carbocycles. The molecule has 0 aromatic heterocycles. The zero-order valence-corrected chi connectivity index (χ0v) is 23.6. The zero-order chi connectivity index (χ0) is 34.6. The molecule has 0 rings (SSSR count). The van der Waals surface area contributed by atoms with Crippen LogP contribution in [0.1, 0.15) is 13.3 Å². The van der Waals surface area contributed by atoms with Gasteiger partial charge in [0.25, 0.3) is 0 Å². The summed E-state index contributed by atoms with van der Waals surface area (Å²) in [6.07, 6.45) is 3.70. The van der Waals surface area contributed by atoms with Crippen molar-refractivity contribution in [1.29, 1.82) is 0 Å². The fraction of sp³-hybridized carbons (Fsp3) is 0.423. The minimum Gasteiger partial charge on any atom is -0.478 e. The Morgan fingerprint density at radius 2 is 0.857 bits per heavy atom. The van der Waals surface area contributed by atoms with E-state index in [4.69, 9.17) is 55.4 Å². The van der Waals surface area contributed by atoms with E-state index in [1.54, 1.807) is 0 Å². The summed E-state index contributed by atoms with van der Waals surface area (Å²) in [5, 5.41) is 72.8. The van der Waals surface area contributed by atoms with Gasteiger partial charge in [0.15, 0.2) is 0 Å². The highest BCUT2D eigenvalue weighted by atomic mass is 16.5. The Balaban J connectivity index is -0.0000000980. The number of hydrogen-bond acceptors (Lipinski definition) is 11. The number of carboxylic acid groups (broad SMARTS) is 5. The van der Waals surface area contributed by atoms with Gasteiger partial charge in [0.05, 0.1) is 51.7 Å². The molecule has 9 N–H and O–H groups in total. The predicted octanol–water partition coefficient (Wildman–Crippen LogP) is 0.0404. The quantitative estimate of drug-likeness (QED) is 0.0821. The average Bonchev–Trinajstić information content (AvgIpc) is 2.97. The lowest BCUT2D eigenvalue weighted by molar-refractivity contribution is -0.133. The highest BCUT2D eigenvalue weighted by Crippen LogP contribution is 2.11. The molecule has 0 atom stereocenters. The van der Waals surface area contributed by atoms with Gasteiger partial charge in [-0.1, -0.05) is 32.9 Å². The second-order valence-corrected chi connectivity index (χ2v) is 6.77. The normalized spacial score (nSPS) is 8.69. The first-order valence-corrected chi connectivity index (χ1v) is 11.4. The Morgan fingerprint density at radius 1 is 0.595 bits per heavy atom. The monoisotopic (exact) mass is 612 g/mol. The SMILES string of the molecule is C=C(CCOCCOCC)C(=O)O.C=CC(=O)O.C=CC(=O)O.C=CC(=O)O.C=CC(=O)O.OCC(CO)(CO)CO. The van der Waals surface area contributed by atoms with E-state index in [0.717, 1.165) is 24.3 Å². The smallest absolute Gasteiger partial charge is 0.331 e. The Morgan fingerprint density at radius 3 is 1.02 bits per heavy atom. The van der Waals surface area contributed by atoms with Crippen LogP contribution in [0.3, 0.4) is 0 Å². The first-order chi connectivity index (χ1) is 19.5. The largest absolute Gasteiger partial charge is 0.478 e. The molecule has 0 unspecified atom stereocenters. The molecule has 0 saturated heterocycles. The van der Waals surface area contributed by atoms with Crippen LogP contribution in [0.25, 0.3) is 0 Å². The highest BCUT2D eigenvalue weighted by Gasteiger charge is 2.26. The Kier molecular flexibility index (Phi) is 47.0. The molecule has 244 valence electrons. The second-order valence-electron chi connectivity index (χ2n) is 6.77. The van der Waals surface area contributed by atoms with Gasteiger partial charge in [0, 0.05) is 42.9 Å². The Bertz CT molecular complexity index is 696. The molecule has 0 aliphatic heterocycles. The molecule has 0 aliphatic rings. The summed E-state index contributed by atoms with van der Waals surface area (Å²) < 4.78 is 10.1. The number of aliphatic hydroxyl groups is 4. The molecule has 42 heavy (non-hydrogen) atoms. The van der Waals surface area contributed by atoms with Gasteiger partial charge >= 0.3 is 29.8 Å². The third-order valence-electron chi connectivity index (χ3n) is 3.47. The van der Waals surface area contributed by atoms with Crippen molar-refractivity contribution in [2.75, 3.05) is 52.9 Å². The van der Waals surface area contributed by atoms with Gasteiger partial charge in [-0.3, -0.25) is 0 Å². The summed E-state index contributed by atoms with van der Waals surface area (Å²) in [6, 6.07) is 0. The molecule has 0 aromatic rings. The Hall–Kier alpha value is -4.19. The number of ether oxygens (including phenoxy) is 2. The number of rotatable bonds is 16. The molecular formula is C26H44O16. The maximum Gasteiger partial charge on any atom is 0.331 e. The van der Waals surface area contributed by atoms with Crippen LogP contribution in [0.4, 0.5) is 0 Å². The van der Waals surface area contributed by atoms with E-state index in [2.05, 4.69) is 32.9 Å². The van der Waals surface area contributed by atoms with Crippen molar-refractivity contribution in [3.05, 3.63) is 62.8 Å². The summed E-state index contributed by atoms with van der Waals surface area (Å²) in [7, 11) is 0. The van der Waals surface area contributed by atoms with Gasteiger partial charge < -0.3 is 55.4 Å². The molecular weight excluding hydrogens is 568 g/mol. The van der Waals surface area contributed by atoms with Crippen molar-refractivity contribution in [2.24, 2.45) is 5.41 Å². The summed E-state index contributed by atoms with van der Waals surface area (Å²) in [5.74, 6) is -4.89. The van der Waals surface area contributed by atoms with Gasteiger partial charge in [0.2, 0.25) is 0 Å². The fourth-order valence-corrected chi connectivity index (χ4v) is 0.967. The lowest BCUT2D eigenvalue weighted by atomic mass is 9.93. The molecule has 0 aromatic carbocycles. The van der Waals surface area contributed by atoms with Gasteiger partial charge in [-0.15, -0.1) is 0 Å². The van der Waals surface area contributed by atoms with E-state index in [9.17, 15) is 24.0 Å². The highest BCUT2D eigenvalue weighted by molar-refractivity contribution is 5.85. The zero-order valence-electron chi connectivity index (χ0n) is 23.6. The van der Waals surface area contributed by atoms with Gasteiger partial charge in [-0.2, -0.15) is 0 Å². The summed E-state index contributed by atoms with van der Waals surface area (Å²) in [5.41, 5.74) is -0.934. The summed E-state index contributed by atoms with van der Waals surface area (Å²) in [4.78, 5) is 47.3. The molecule has 0 amide bonds. The molecule has 16 nitrogen and oxygen atoms in total. The molecule has 0 bridgehead atoms. The third-order valence-corrected chi connectivity index (χ3v) is 3.47. The number of hydrogen-bond donors (Lipinski definition) is 9. The van der Waals surface area contributed by atoms with Crippen molar-refractivity contribution in [3.8, 4) is 0 Å². The Labute approximate surface area is 244 Å². The molecule has 0 fully saturated rings. The topological polar surface area (TPSA) is 286 Å². The van der Waals surface area contributed by atoms with Crippen LogP contribution in [-0.4, -0.2) is 129 Å². The van der Waals surface area contributed by atoms with Crippen LogP contribution in [0, 0.1) is 5.41 Å². The van der Waals surface area contributed by atoms with E-state index in [1.807, 2.05) is 6.92 Å². The lowest BCUT2D eigenvalue weighted by Crippen LogP contribution is -2.37. The van der Waals surface area contributed by atoms with Gasteiger partial charge in [0.1, 0.15) is 0 Å². The minimum absolute atomic E-state index is 0.177. The maximum absolute atomic E-state index is 10.3. The standard InChI is InChI=1S/C9H16O4.C5H12O4.4C3H4O2/c1-3-12-6-7-13-5-4-8(2)9(10)11;6-1-5(2-7,3-8)4-9;4*1-2-3(4)5/h2-7H2,1H3,(H,10,11);6-9H,1-4H2;4*2H,1H2,(H,4,5). The van der Waals surface area contributed by atoms with Crippen LogP contribution in [0.5, 0.6) is 0 Å². The first kappa shape index (κ1) is 50.6. The number of aliphatic hydroxyl groups excluding tert-OH is 4. The predicted molar refractivity (Wildman–Crippen MR) is 151 cm³/mol. The van der Waals surface area contributed by atoms with E-state index in [-0.39, 0.29) is 5.57 Å². The third kappa shape index (κ3) is 56.1. The summed E-state index contributed by atoms with van der Waals surface area (Å²) >= 11 is 0. The minimum atomic E-state index is -1.11. The van der Waals surface area contributed by atoms with Crippen LogP contribution < -0.4 is 0 Å². The van der Waals surface area contributed by atoms with Crippen molar-refractivity contribution in [3.63, 3.8) is 0 Å². The summed E-state index contributed by atoms with van der Waals surface area (Å²) in [6.45, 7) is 17.6. The average molecular weight is 613 g/mol. The first-order valence-electron chi connectivity index (χ1n) is 11.4. The number of carboxylic acids is 5. The number of carbonyl (C=O) groups is 5. The molecule has 0 heterocycles. The van der Waals surface area contributed by atoms with Crippen molar-refractivity contribution < 1.29 is 79.4 Å². The van der Waals surface area contributed by atoms with Crippen molar-refractivity contribution in [1.82, 2.24) is 0 Å². The van der Waals surface area contributed by atoms with E-state index in [0.29, 0.717) is 32.8 Å². The fourth-order valence-electron chi connectivity index (χ4n) is 0.967. The van der Waals surface area contributed by atoms with E-state index < -0.39 is 61.7 Å².